The van der Waals surface area contributed by atoms with Gasteiger partial charge in [0.15, 0.2) is 5.82 Å². The van der Waals surface area contributed by atoms with Crippen LogP contribution < -0.4 is 15.6 Å². The number of hydrogen-bond donors (Lipinski definition) is 2. The first-order valence-electron chi connectivity index (χ1n) is 9.90. The summed E-state index contributed by atoms with van der Waals surface area (Å²) in [6.07, 6.45) is 1.07. The molecule has 0 aliphatic carbocycles. The fourth-order valence-corrected chi connectivity index (χ4v) is 4.98. The Morgan fingerprint density at radius 3 is 2.61 bits per heavy atom. The van der Waals surface area contributed by atoms with E-state index in [-0.39, 0.29) is 52.2 Å². The monoisotopic (exact) mass is 499 g/mol. The summed E-state index contributed by atoms with van der Waals surface area (Å²) < 4.78 is 64.8. The predicted octanol–water partition coefficient (Wildman–Crippen LogP) is 2.99. The average molecular weight is 500 g/mol. The van der Waals surface area contributed by atoms with Gasteiger partial charge in [0.2, 0.25) is 0 Å². The molecule has 0 spiro atoms. The van der Waals surface area contributed by atoms with Crippen LogP contribution in [0.2, 0.25) is 5.02 Å². The van der Waals surface area contributed by atoms with Gasteiger partial charge in [-0.2, -0.15) is 12.7 Å². The Labute approximate surface area is 193 Å². The van der Waals surface area contributed by atoms with Crippen molar-refractivity contribution in [3.63, 3.8) is 0 Å². The fraction of sp³-hybridized carbons (Fsp3) is 0.300. The Kier molecular flexibility index (Phi) is 6.27. The second kappa shape index (κ2) is 8.86. The largest absolute Gasteiger partial charge is 0.376 e. The molecule has 4 rings (SSSR count). The van der Waals surface area contributed by atoms with Crippen molar-refractivity contribution in [1.29, 1.82) is 0 Å². The van der Waals surface area contributed by atoms with E-state index in [4.69, 9.17) is 16.3 Å². The molecule has 0 saturated carbocycles. The molecule has 9 nitrogen and oxygen atoms in total. The Morgan fingerprint density at radius 1 is 1.21 bits per heavy atom. The van der Waals surface area contributed by atoms with E-state index in [0.29, 0.717) is 6.61 Å². The van der Waals surface area contributed by atoms with Crippen molar-refractivity contribution in [3.05, 3.63) is 57.6 Å². The van der Waals surface area contributed by atoms with Gasteiger partial charge in [-0.05, 0) is 31.2 Å². The van der Waals surface area contributed by atoms with Crippen LogP contribution in [0.5, 0.6) is 0 Å². The topological polar surface area (TPSA) is 106 Å². The zero-order chi connectivity index (χ0) is 23.9. The molecular formula is C20H20ClF2N5O4S. The van der Waals surface area contributed by atoms with E-state index in [9.17, 15) is 17.6 Å². The summed E-state index contributed by atoms with van der Waals surface area (Å²) in [6.45, 7) is 2.64. The quantitative estimate of drug-likeness (QED) is 0.518. The normalized spacial score (nSPS) is 14.9. The molecule has 2 aromatic carbocycles. The van der Waals surface area contributed by atoms with Gasteiger partial charge in [0.25, 0.3) is 5.56 Å². The van der Waals surface area contributed by atoms with E-state index in [2.05, 4.69) is 15.0 Å². The Morgan fingerprint density at radius 2 is 1.91 bits per heavy atom. The molecule has 0 radical (unpaired) electrons. The first-order chi connectivity index (χ1) is 15.6. The van der Waals surface area contributed by atoms with Crippen LogP contribution in [-0.4, -0.2) is 48.1 Å². The van der Waals surface area contributed by atoms with Gasteiger partial charge in [0.1, 0.15) is 11.2 Å². The highest BCUT2D eigenvalue weighted by molar-refractivity contribution is 7.90. The second-order valence-corrected chi connectivity index (χ2v) is 9.44. The molecule has 0 atom stereocenters. The number of rotatable bonds is 7. The molecule has 1 aromatic heterocycles. The Balaban J connectivity index is 1.64. The summed E-state index contributed by atoms with van der Waals surface area (Å²) in [7, 11) is -2.53. The highest BCUT2D eigenvalue weighted by Gasteiger charge is 2.36. The minimum absolute atomic E-state index is 0.0980. The predicted molar refractivity (Wildman–Crippen MR) is 121 cm³/mol. The maximum atomic E-state index is 15.1. The van der Waals surface area contributed by atoms with Gasteiger partial charge in [0.05, 0.1) is 40.0 Å². The van der Waals surface area contributed by atoms with Crippen LogP contribution in [0.15, 0.2) is 35.4 Å². The van der Waals surface area contributed by atoms with Gasteiger partial charge < -0.3 is 14.6 Å². The Bertz CT molecular complexity index is 1390. The molecule has 2 heterocycles. The van der Waals surface area contributed by atoms with Crippen LogP contribution >= 0.6 is 11.6 Å². The van der Waals surface area contributed by atoms with E-state index in [0.717, 1.165) is 21.0 Å². The molecule has 176 valence electrons. The number of anilines is 3. The van der Waals surface area contributed by atoms with Gasteiger partial charge in [-0.3, -0.25) is 9.52 Å². The third-order valence-electron chi connectivity index (χ3n) is 5.17. The third-order valence-corrected chi connectivity index (χ3v) is 7.02. The molecular weight excluding hydrogens is 480 g/mol. The summed E-state index contributed by atoms with van der Waals surface area (Å²) in [5, 5.41) is 1.94. The molecule has 0 amide bonds. The molecule has 2 N–H and O–H groups in total. The van der Waals surface area contributed by atoms with Crippen LogP contribution in [0.25, 0.3) is 10.9 Å². The van der Waals surface area contributed by atoms with Crippen molar-refractivity contribution < 1.29 is 21.9 Å². The van der Waals surface area contributed by atoms with Crippen LogP contribution in [0.3, 0.4) is 0 Å². The summed E-state index contributed by atoms with van der Waals surface area (Å²) in [5.41, 5.74) is -1.16. The number of halogens is 3. The number of hydrogen-bond acceptors (Lipinski definition) is 6. The minimum atomic E-state index is -3.96. The molecule has 13 heteroatoms. The summed E-state index contributed by atoms with van der Waals surface area (Å²) in [4.78, 5) is 16.3. The van der Waals surface area contributed by atoms with Crippen molar-refractivity contribution in [2.24, 2.45) is 7.05 Å². The molecule has 1 aliphatic heterocycles. The SMILES string of the molecule is CCOC1CN(S(=O)(=O)Nc2ccc(F)c(Nc3ccc4ncn(C)c(=O)c4c3F)c2Cl)C1. The summed E-state index contributed by atoms with van der Waals surface area (Å²) in [5.74, 6) is -1.79. The number of nitrogens with zero attached hydrogens (tertiary/aromatic N) is 3. The number of aryl methyl sites for hydroxylation is 1. The molecule has 1 aliphatic rings. The standard InChI is InChI=1S/C20H20ClF2N5O4S/c1-3-32-11-8-28(9-11)33(30,31)26-14-5-4-12(22)19(17(14)21)25-15-7-6-13-16(18(15)23)20(29)27(2)10-24-13/h4-7,10-11,25-26H,3,8-9H2,1-2H3. The first kappa shape index (κ1) is 23.4. The van der Waals surface area contributed by atoms with Crippen molar-refractivity contribution in [1.82, 2.24) is 13.9 Å². The van der Waals surface area contributed by atoms with E-state index < -0.39 is 27.4 Å². The van der Waals surface area contributed by atoms with E-state index in [1.165, 1.54) is 25.5 Å². The van der Waals surface area contributed by atoms with Crippen LogP contribution in [-0.2, 0) is 22.0 Å². The van der Waals surface area contributed by atoms with Crippen LogP contribution in [0.4, 0.5) is 25.8 Å². The number of nitrogens with one attached hydrogen (secondary N) is 2. The lowest BCUT2D eigenvalue weighted by molar-refractivity contribution is -0.0133. The first-order valence-corrected chi connectivity index (χ1v) is 11.7. The lowest BCUT2D eigenvalue weighted by atomic mass is 10.2. The lowest BCUT2D eigenvalue weighted by Crippen LogP contribution is -2.56. The number of benzene rings is 2. The van der Waals surface area contributed by atoms with Crippen molar-refractivity contribution in [3.8, 4) is 0 Å². The summed E-state index contributed by atoms with van der Waals surface area (Å²) >= 11 is 6.27. The maximum absolute atomic E-state index is 15.1. The van der Waals surface area contributed by atoms with Gasteiger partial charge in [-0.25, -0.2) is 13.8 Å². The molecule has 1 saturated heterocycles. The molecule has 0 bridgehead atoms. The highest BCUT2D eigenvalue weighted by Crippen LogP contribution is 2.37. The minimum Gasteiger partial charge on any atom is -0.376 e. The highest BCUT2D eigenvalue weighted by atomic mass is 35.5. The van der Waals surface area contributed by atoms with Crippen LogP contribution in [0, 0.1) is 11.6 Å². The van der Waals surface area contributed by atoms with Crippen molar-refractivity contribution in [2.75, 3.05) is 29.7 Å². The third kappa shape index (κ3) is 4.38. The lowest BCUT2D eigenvalue weighted by Gasteiger charge is -2.37. The fourth-order valence-electron chi connectivity index (χ4n) is 3.37. The van der Waals surface area contributed by atoms with Crippen LogP contribution in [0.1, 0.15) is 6.92 Å². The van der Waals surface area contributed by atoms with Gasteiger partial charge in [0, 0.05) is 26.7 Å². The zero-order valence-corrected chi connectivity index (χ0v) is 19.2. The van der Waals surface area contributed by atoms with Gasteiger partial charge in [-0.15, -0.1) is 0 Å². The number of ether oxygens (including phenoxy) is 1. The van der Waals surface area contributed by atoms with Gasteiger partial charge in [-0.1, -0.05) is 11.6 Å². The zero-order valence-electron chi connectivity index (χ0n) is 17.6. The summed E-state index contributed by atoms with van der Waals surface area (Å²) in [6, 6.07) is 4.84. The molecule has 3 aromatic rings. The molecule has 1 fully saturated rings. The number of aromatic nitrogens is 2. The smallest absolute Gasteiger partial charge is 0.301 e. The van der Waals surface area contributed by atoms with E-state index in [1.807, 2.05) is 6.92 Å². The maximum Gasteiger partial charge on any atom is 0.301 e. The van der Waals surface area contributed by atoms with Crippen molar-refractivity contribution >= 4 is 49.8 Å². The Hall–Kier alpha value is -2.80. The molecule has 0 unspecified atom stereocenters. The van der Waals surface area contributed by atoms with Crippen molar-refractivity contribution in [2.45, 2.75) is 13.0 Å². The average Bonchev–Trinajstić information content (AvgIpc) is 2.73. The van der Waals surface area contributed by atoms with Gasteiger partial charge >= 0.3 is 10.2 Å². The van der Waals surface area contributed by atoms with E-state index >= 15 is 4.39 Å². The number of fused-ring (bicyclic) bond motifs is 1. The second-order valence-electron chi connectivity index (χ2n) is 7.39. The molecule has 33 heavy (non-hydrogen) atoms. The van der Waals surface area contributed by atoms with E-state index in [1.54, 1.807) is 0 Å².